The van der Waals surface area contributed by atoms with Gasteiger partial charge in [0, 0.05) is 56.6 Å². The van der Waals surface area contributed by atoms with Gasteiger partial charge in [0.25, 0.3) is 5.91 Å². The minimum atomic E-state index is -0.992. The van der Waals surface area contributed by atoms with Crippen molar-refractivity contribution in [1.82, 2.24) is 9.80 Å². The predicted octanol–water partition coefficient (Wildman–Crippen LogP) is 4.25. The second-order valence-electron chi connectivity index (χ2n) is 9.82. The summed E-state index contributed by atoms with van der Waals surface area (Å²) in [6, 6.07) is 15.3. The van der Waals surface area contributed by atoms with Crippen LogP contribution in [0.5, 0.6) is 5.75 Å². The van der Waals surface area contributed by atoms with Crippen LogP contribution in [0.1, 0.15) is 42.1 Å². The summed E-state index contributed by atoms with van der Waals surface area (Å²) in [5.74, 6) is 0.730. The van der Waals surface area contributed by atoms with Crippen LogP contribution in [0.25, 0.3) is 6.08 Å². The van der Waals surface area contributed by atoms with Gasteiger partial charge in [0.15, 0.2) is 0 Å². The van der Waals surface area contributed by atoms with Gasteiger partial charge in [-0.15, -0.1) is 0 Å². The smallest absolute Gasteiger partial charge is 0.328 e. The van der Waals surface area contributed by atoms with Gasteiger partial charge in [-0.05, 0) is 79.8 Å². The lowest BCUT2D eigenvalue weighted by Gasteiger charge is -2.36. The van der Waals surface area contributed by atoms with Crippen molar-refractivity contribution >= 4 is 23.6 Å². The van der Waals surface area contributed by atoms with Crippen LogP contribution in [0.15, 0.2) is 54.6 Å². The van der Waals surface area contributed by atoms with E-state index in [0.29, 0.717) is 18.7 Å². The number of nitrogens with zero attached hydrogens (tertiary/aromatic N) is 3. The summed E-state index contributed by atoms with van der Waals surface area (Å²) < 4.78 is 5.97. The standard InChI is InChI=1S/C29H37N3O4/c1-23-4-2-15-30(22-23)16-3-21-36-27-12-10-26(11-13-27)31-17-19-32(20-18-31)29(35)25-8-5-24(6-9-25)7-14-28(33)34/h5-14,23H,2-4,15-22H2,1H3,(H,33,34)/b14-7+. The molecule has 2 saturated heterocycles. The first kappa shape index (κ1) is 25.8. The van der Waals surface area contributed by atoms with Crippen molar-refractivity contribution in [1.29, 1.82) is 0 Å². The Labute approximate surface area is 214 Å². The average Bonchev–Trinajstić information content (AvgIpc) is 2.90. The minimum Gasteiger partial charge on any atom is -0.494 e. The van der Waals surface area contributed by atoms with Gasteiger partial charge in [-0.2, -0.15) is 0 Å². The van der Waals surface area contributed by atoms with E-state index in [1.807, 2.05) is 17.0 Å². The summed E-state index contributed by atoms with van der Waals surface area (Å²) in [6.07, 6.45) is 6.32. The van der Waals surface area contributed by atoms with E-state index in [1.165, 1.54) is 32.0 Å². The summed E-state index contributed by atoms with van der Waals surface area (Å²) in [7, 11) is 0. The summed E-state index contributed by atoms with van der Waals surface area (Å²) >= 11 is 0. The monoisotopic (exact) mass is 491 g/mol. The average molecular weight is 492 g/mol. The Kier molecular flexibility index (Phi) is 9.01. The first-order chi connectivity index (χ1) is 17.5. The quantitative estimate of drug-likeness (QED) is 0.418. The molecule has 1 atom stereocenters. The van der Waals surface area contributed by atoms with Gasteiger partial charge >= 0.3 is 5.97 Å². The van der Waals surface area contributed by atoms with Crippen molar-refractivity contribution in [2.45, 2.75) is 26.2 Å². The van der Waals surface area contributed by atoms with Gasteiger partial charge in [-0.25, -0.2) is 4.79 Å². The molecule has 1 N–H and O–H groups in total. The van der Waals surface area contributed by atoms with E-state index >= 15 is 0 Å². The first-order valence-electron chi connectivity index (χ1n) is 13.0. The molecule has 0 bridgehead atoms. The fraction of sp³-hybridized carbons (Fsp3) is 0.448. The SMILES string of the molecule is CC1CCCN(CCCOc2ccc(N3CCN(C(=O)c4ccc(/C=C/C(=O)O)cc4)CC3)cc2)C1. The van der Waals surface area contributed by atoms with E-state index in [2.05, 4.69) is 28.9 Å². The van der Waals surface area contributed by atoms with Gasteiger partial charge in [0.2, 0.25) is 0 Å². The highest BCUT2D eigenvalue weighted by Crippen LogP contribution is 2.22. The molecule has 2 fully saturated rings. The maximum absolute atomic E-state index is 12.9. The Balaban J connectivity index is 1.19. The minimum absolute atomic E-state index is 0.00572. The van der Waals surface area contributed by atoms with E-state index in [9.17, 15) is 9.59 Å². The van der Waals surface area contributed by atoms with Crippen molar-refractivity contribution in [3.8, 4) is 5.75 Å². The number of piperazine rings is 1. The number of piperidine rings is 1. The van der Waals surface area contributed by atoms with E-state index in [4.69, 9.17) is 9.84 Å². The van der Waals surface area contributed by atoms with Gasteiger partial charge in [0.05, 0.1) is 6.61 Å². The topological polar surface area (TPSA) is 73.3 Å². The van der Waals surface area contributed by atoms with Gasteiger partial charge in [-0.1, -0.05) is 19.1 Å². The molecule has 4 rings (SSSR count). The highest BCUT2D eigenvalue weighted by molar-refractivity contribution is 5.94. The molecule has 7 heteroatoms. The van der Waals surface area contributed by atoms with Crippen molar-refractivity contribution in [2.24, 2.45) is 5.92 Å². The number of carboxylic acids is 1. The van der Waals surface area contributed by atoms with Crippen molar-refractivity contribution in [3.05, 3.63) is 65.7 Å². The lowest BCUT2D eigenvalue weighted by atomic mass is 10.0. The van der Waals surface area contributed by atoms with Crippen LogP contribution >= 0.6 is 0 Å². The van der Waals surface area contributed by atoms with E-state index in [1.54, 1.807) is 24.3 Å². The number of benzene rings is 2. The van der Waals surface area contributed by atoms with Gasteiger partial charge in [-0.3, -0.25) is 4.79 Å². The Morgan fingerprint density at radius 3 is 2.39 bits per heavy atom. The first-order valence-corrected chi connectivity index (χ1v) is 13.0. The third-order valence-electron chi connectivity index (χ3n) is 6.97. The second-order valence-corrected chi connectivity index (χ2v) is 9.82. The molecular formula is C29H37N3O4. The van der Waals surface area contributed by atoms with E-state index in [-0.39, 0.29) is 5.91 Å². The maximum atomic E-state index is 12.9. The second kappa shape index (κ2) is 12.6. The number of anilines is 1. The molecule has 0 aliphatic carbocycles. The van der Waals surface area contributed by atoms with Crippen LogP contribution in [0, 0.1) is 5.92 Å². The molecule has 0 spiro atoms. The molecule has 1 unspecified atom stereocenters. The largest absolute Gasteiger partial charge is 0.494 e. The Bertz CT molecular complexity index is 1030. The van der Waals surface area contributed by atoms with Crippen molar-refractivity contribution in [3.63, 3.8) is 0 Å². The molecule has 2 heterocycles. The summed E-state index contributed by atoms with van der Waals surface area (Å²) in [4.78, 5) is 30.3. The van der Waals surface area contributed by atoms with Crippen LogP contribution in [0.2, 0.25) is 0 Å². The normalized spacial score (nSPS) is 19.0. The van der Waals surface area contributed by atoms with Crippen LogP contribution in [-0.4, -0.2) is 79.2 Å². The Morgan fingerprint density at radius 1 is 1.00 bits per heavy atom. The number of rotatable bonds is 9. The Morgan fingerprint density at radius 2 is 1.72 bits per heavy atom. The molecule has 0 radical (unpaired) electrons. The molecular weight excluding hydrogens is 454 g/mol. The van der Waals surface area contributed by atoms with Crippen LogP contribution in [0.4, 0.5) is 5.69 Å². The number of carbonyl (C=O) groups excluding carboxylic acids is 1. The van der Waals surface area contributed by atoms with Crippen LogP contribution in [-0.2, 0) is 4.79 Å². The molecule has 36 heavy (non-hydrogen) atoms. The predicted molar refractivity (Wildman–Crippen MR) is 143 cm³/mol. The Hall–Kier alpha value is -3.32. The number of aliphatic carboxylic acids is 1. The van der Waals surface area contributed by atoms with E-state index < -0.39 is 5.97 Å². The molecule has 192 valence electrons. The summed E-state index contributed by atoms with van der Waals surface area (Å²) in [5, 5.41) is 8.74. The van der Waals surface area contributed by atoms with Crippen molar-refractivity contribution < 1.29 is 19.4 Å². The zero-order valence-corrected chi connectivity index (χ0v) is 21.1. The number of ether oxygens (including phenoxy) is 1. The number of likely N-dealkylation sites (tertiary alicyclic amines) is 1. The molecule has 2 aromatic rings. The highest BCUT2D eigenvalue weighted by Gasteiger charge is 2.22. The lowest BCUT2D eigenvalue weighted by molar-refractivity contribution is -0.131. The molecule has 1 amide bonds. The summed E-state index contributed by atoms with van der Waals surface area (Å²) in [5.41, 5.74) is 2.52. The maximum Gasteiger partial charge on any atom is 0.328 e. The molecule has 2 aliphatic rings. The van der Waals surface area contributed by atoms with Crippen LogP contribution in [0.3, 0.4) is 0 Å². The third kappa shape index (κ3) is 7.34. The fourth-order valence-electron chi connectivity index (χ4n) is 4.98. The molecule has 2 aromatic carbocycles. The third-order valence-corrected chi connectivity index (χ3v) is 6.97. The number of amides is 1. The van der Waals surface area contributed by atoms with Gasteiger partial charge in [0.1, 0.15) is 5.75 Å². The number of hydrogen-bond donors (Lipinski definition) is 1. The number of carbonyl (C=O) groups is 2. The number of hydrogen-bond acceptors (Lipinski definition) is 5. The zero-order valence-electron chi connectivity index (χ0n) is 21.1. The highest BCUT2D eigenvalue weighted by atomic mass is 16.5. The lowest BCUT2D eigenvalue weighted by Crippen LogP contribution is -2.48. The molecule has 2 aliphatic heterocycles. The van der Waals surface area contributed by atoms with Gasteiger partial charge < -0.3 is 24.5 Å². The number of carboxylic acid groups (broad SMARTS) is 1. The van der Waals surface area contributed by atoms with Crippen LogP contribution < -0.4 is 9.64 Å². The molecule has 0 aromatic heterocycles. The molecule has 0 saturated carbocycles. The van der Waals surface area contributed by atoms with E-state index in [0.717, 1.165) is 61.7 Å². The fourth-order valence-corrected chi connectivity index (χ4v) is 4.98. The molecule has 7 nitrogen and oxygen atoms in total. The van der Waals surface area contributed by atoms with Crippen molar-refractivity contribution in [2.75, 3.05) is 57.3 Å². The zero-order chi connectivity index (χ0) is 25.3. The summed E-state index contributed by atoms with van der Waals surface area (Å²) in [6.45, 7) is 9.49.